The monoisotopic (exact) mass is 397 g/mol. The predicted molar refractivity (Wildman–Crippen MR) is 111 cm³/mol. The van der Waals surface area contributed by atoms with Gasteiger partial charge in [0.05, 0.1) is 4.92 Å². The summed E-state index contributed by atoms with van der Waals surface area (Å²) < 4.78 is 0. The largest absolute Gasteiger partial charge is 0.368 e. The average Bonchev–Trinajstić information content (AvgIpc) is 2.73. The molecule has 29 heavy (non-hydrogen) atoms. The molecule has 1 aromatic carbocycles. The first kappa shape index (κ1) is 20.8. The Balaban J connectivity index is 1.88. The molecule has 0 spiro atoms. The number of nitriles is 1. The molecule has 0 bridgehead atoms. The number of carbonyl (C=O) groups excluding carboxylic acids is 1. The summed E-state index contributed by atoms with van der Waals surface area (Å²) in [7, 11) is 2.05. The first-order chi connectivity index (χ1) is 14.0. The summed E-state index contributed by atoms with van der Waals surface area (Å²) in [6.45, 7) is 3.33. The highest BCUT2D eigenvalue weighted by atomic mass is 16.6. The molecule has 8 nitrogen and oxygen atoms in total. The van der Waals surface area contributed by atoms with Crippen LogP contribution in [0.3, 0.4) is 0 Å². The maximum Gasteiger partial charge on any atom is 0.270 e. The van der Waals surface area contributed by atoms with Crippen molar-refractivity contribution in [1.29, 1.82) is 5.26 Å². The zero-order chi connectivity index (χ0) is 20.8. The Morgan fingerprint density at radius 2 is 1.93 bits per heavy atom. The van der Waals surface area contributed by atoms with E-state index in [4.69, 9.17) is 0 Å². The molecule has 0 unspecified atom stereocenters. The van der Waals surface area contributed by atoms with Crippen LogP contribution in [0, 0.1) is 21.4 Å². The van der Waals surface area contributed by atoms with E-state index in [2.05, 4.69) is 22.2 Å². The van der Waals surface area contributed by atoms with Crippen molar-refractivity contribution in [3.05, 3.63) is 39.4 Å². The zero-order valence-corrected chi connectivity index (χ0v) is 16.8. The molecule has 8 heteroatoms. The summed E-state index contributed by atoms with van der Waals surface area (Å²) in [5.74, 6) is -0.407. The first-order valence-electron chi connectivity index (χ1n) is 10.1. The second-order valence-corrected chi connectivity index (χ2v) is 7.77. The SMILES string of the molecule is CN1CCN(c2ccc([N+](=O)[O-])cc2/C=C(\C#N)C(=O)NC2CCCCC2)CC1. The fourth-order valence-electron chi connectivity index (χ4n) is 3.92. The number of nitro groups is 1. The van der Waals surface area contributed by atoms with Crippen molar-refractivity contribution in [1.82, 2.24) is 10.2 Å². The third kappa shape index (κ3) is 5.33. The van der Waals surface area contributed by atoms with Crippen LogP contribution in [0.25, 0.3) is 6.08 Å². The number of non-ortho nitro benzene ring substituents is 1. The molecule has 1 heterocycles. The van der Waals surface area contributed by atoms with Gasteiger partial charge in [-0.1, -0.05) is 19.3 Å². The molecule has 0 atom stereocenters. The van der Waals surface area contributed by atoms with Gasteiger partial charge in [-0.2, -0.15) is 5.26 Å². The van der Waals surface area contributed by atoms with Gasteiger partial charge in [0, 0.05) is 55.6 Å². The van der Waals surface area contributed by atoms with Gasteiger partial charge in [0.15, 0.2) is 0 Å². The minimum atomic E-state index is -0.459. The lowest BCUT2D eigenvalue weighted by molar-refractivity contribution is -0.384. The van der Waals surface area contributed by atoms with Gasteiger partial charge < -0.3 is 15.1 Å². The van der Waals surface area contributed by atoms with E-state index >= 15 is 0 Å². The minimum Gasteiger partial charge on any atom is -0.368 e. The number of anilines is 1. The van der Waals surface area contributed by atoms with E-state index in [1.54, 1.807) is 6.07 Å². The summed E-state index contributed by atoms with van der Waals surface area (Å²) in [5.41, 5.74) is 1.26. The molecule has 1 saturated carbocycles. The van der Waals surface area contributed by atoms with Crippen molar-refractivity contribution in [2.24, 2.45) is 0 Å². The highest BCUT2D eigenvalue weighted by molar-refractivity contribution is 6.02. The topological polar surface area (TPSA) is 103 Å². The Morgan fingerprint density at radius 3 is 2.55 bits per heavy atom. The Morgan fingerprint density at radius 1 is 1.24 bits per heavy atom. The maximum atomic E-state index is 12.6. The summed E-state index contributed by atoms with van der Waals surface area (Å²) in [4.78, 5) is 27.8. The molecule has 3 rings (SSSR count). The summed E-state index contributed by atoms with van der Waals surface area (Å²) >= 11 is 0. The minimum absolute atomic E-state index is 0.0218. The van der Waals surface area contributed by atoms with Crippen molar-refractivity contribution >= 4 is 23.4 Å². The van der Waals surface area contributed by atoms with Gasteiger partial charge in [-0.15, -0.1) is 0 Å². The Bertz CT molecular complexity index is 831. The highest BCUT2D eigenvalue weighted by Gasteiger charge is 2.21. The highest BCUT2D eigenvalue weighted by Crippen LogP contribution is 2.28. The summed E-state index contributed by atoms with van der Waals surface area (Å²) in [6.07, 6.45) is 6.67. The van der Waals surface area contributed by atoms with Gasteiger partial charge in [-0.3, -0.25) is 14.9 Å². The van der Waals surface area contributed by atoms with Crippen LogP contribution >= 0.6 is 0 Å². The quantitative estimate of drug-likeness (QED) is 0.355. The maximum absolute atomic E-state index is 12.6. The molecule has 2 aliphatic rings. The van der Waals surface area contributed by atoms with E-state index in [0.717, 1.165) is 57.5 Å². The third-order valence-electron chi connectivity index (χ3n) is 5.67. The summed E-state index contributed by atoms with van der Waals surface area (Å²) in [5, 5.41) is 23.8. The van der Waals surface area contributed by atoms with Crippen LogP contribution in [0.1, 0.15) is 37.7 Å². The fourth-order valence-corrected chi connectivity index (χ4v) is 3.92. The molecular weight excluding hydrogens is 370 g/mol. The first-order valence-corrected chi connectivity index (χ1v) is 10.1. The molecule has 1 amide bonds. The van der Waals surface area contributed by atoms with E-state index < -0.39 is 10.8 Å². The van der Waals surface area contributed by atoms with Crippen molar-refractivity contribution in [2.75, 3.05) is 38.1 Å². The van der Waals surface area contributed by atoms with Crippen LogP contribution in [0.5, 0.6) is 0 Å². The number of piperazine rings is 1. The van der Waals surface area contributed by atoms with Crippen molar-refractivity contribution in [3.63, 3.8) is 0 Å². The number of hydrogen-bond acceptors (Lipinski definition) is 6. The lowest BCUT2D eigenvalue weighted by Crippen LogP contribution is -2.44. The number of hydrogen-bond donors (Lipinski definition) is 1. The molecular formula is C21H27N5O3. The third-order valence-corrected chi connectivity index (χ3v) is 5.67. The average molecular weight is 397 g/mol. The summed E-state index contributed by atoms with van der Waals surface area (Å²) in [6, 6.07) is 6.70. The second kappa shape index (κ2) is 9.52. The lowest BCUT2D eigenvalue weighted by atomic mass is 9.95. The van der Waals surface area contributed by atoms with E-state index in [1.807, 2.05) is 6.07 Å². The molecule has 154 valence electrons. The van der Waals surface area contributed by atoms with Gasteiger partial charge in [0.25, 0.3) is 11.6 Å². The number of nitrogens with zero attached hydrogens (tertiary/aromatic N) is 4. The van der Waals surface area contributed by atoms with E-state index in [-0.39, 0.29) is 17.3 Å². The number of nitro benzene ring substituents is 1. The molecule has 1 aliphatic carbocycles. The molecule has 1 saturated heterocycles. The molecule has 1 N–H and O–H groups in total. The van der Waals surface area contributed by atoms with Gasteiger partial charge >= 0.3 is 0 Å². The zero-order valence-electron chi connectivity index (χ0n) is 16.8. The fraction of sp³-hybridized carbons (Fsp3) is 0.524. The van der Waals surface area contributed by atoms with Gasteiger partial charge in [-0.25, -0.2) is 0 Å². The number of amides is 1. The van der Waals surface area contributed by atoms with Crippen LogP contribution in [0.15, 0.2) is 23.8 Å². The van der Waals surface area contributed by atoms with Crippen molar-refractivity contribution in [3.8, 4) is 6.07 Å². The number of likely N-dealkylation sites (N-methyl/N-ethyl adjacent to an activating group) is 1. The Kier molecular flexibility index (Phi) is 6.83. The normalized spacial score (nSPS) is 18.9. The van der Waals surface area contributed by atoms with Gasteiger partial charge in [0.1, 0.15) is 11.6 Å². The second-order valence-electron chi connectivity index (χ2n) is 7.77. The standard InChI is InChI=1S/C21H27N5O3/c1-24-9-11-25(12-10-24)20-8-7-19(26(28)29)14-16(20)13-17(15-22)21(27)23-18-5-3-2-4-6-18/h7-8,13-14,18H,2-6,9-12H2,1H3,(H,23,27)/b17-13+. The number of rotatable bonds is 5. The molecule has 0 radical (unpaired) electrons. The van der Waals surface area contributed by atoms with Crippen LogP contribution in [-0.4, -0.2) is 55.0 Å². The molecule has 1 aliphatic heterocycles. The lowest BCUT2D eigenvalue weighted by Gasteiger charge is -2.34. The van der Waals surface area contributed by atoms with E-state index in [9.17, 15) is 20.2 Å². The van der Waals surface area contributed by atoms with Gasteiger partial charge in [-0.05, 0) is 32.0 Å². The van der Waals surface area contributed by atoms with Crippen LogP contribution in [0.2, 0.25) is 0 Å². The van der Waals surface area contributed by atoms with E-state index in [1.165, 1.54) is 24.6 Å². The van der Waals surface area contributed by atoms with Crippen LogP contribution in [-0.2, 0) is 4.79 Å². The van der Waals surface area contributed by atoms with E-state index in [0.29, 0.717) is 5.56 Å². The molecule has 1 aromatic rings. The van der Waals surface area contributed by atoms with Crippen LogP contribution in [0.4, 0.5) is 11.4 Å². The number of nitrogens with one attached hydrogen (secondary N) is 1. The number of carbonyl (C=O) groups is 1. The predicted octanol–water partition coefficient (Wildman–Crippen LogP) is 2.70. The van der Waals surface area contributed by atoms with Crippen molar-refractivity contribution < 1.29 is 9.72 Å². The number of benzene rings is 1. The Hall–Kier alpha value is -2.92. The Labute approximate surface area is 170 Å². The van der Waals surface area contributed by atoms with Crippen LogP contribution < -0.4 is 10.2 Å². The molecule has 0 aromatic heterocycles. The van der Waals surface area contributed by atoms with Gasteiger partial charge in [0.2, 0.25) is 0 Å². The van der Waals surface area contributed by atoms with Crippen molar-refractivity contribution in [2.45, 2.75) is 38.1 Å². The molecule has 2 fully saturated rings. The smallest absolute Gasteiger partial charge is 0.270 e.